The Morgan fingerprint density at radius 2 is 1.91 bits per heavy atom. The molecule has 0 aliphatic carbocycles. The summed E-state index contributed by atoms with van der Waals surface area (Å²) in [5, 5.41) is 5.92. The second-order valence-corrected chi connectivity index (χ2v) is 5.87. The molecule has 6 heteroatoms. The average molecular weight is 332 g/mol. The van der Waals surface area contributed by atoms with Gasteiger partial charge in [-0.25, -0.2) is 0 Å². The summed E-state index contributed by atoms with van der Waals surface area (Å²) in [5.74, 6) is -0.298. The standard InChI is InChI=1S/C17H18ClN3O2/c1-11(2)10-20-16(22)12-7-8-19-15(9-12)17(23)21-14-6-4-3-5-13(14)18/h3-9,11H,10H2,1-2H3,(H,20,22)(H,21,23). The maximum Gasteiger partial charge on any atom is 0.274 e. The fourth-order valence-electron chi connectivity index (χ4n) is 1.84. The third-order valence-corrected chi connectivity index (χ3v) is 3.38. The Hall–Kier alpha value is -2.40. The van der Waals surface area contributed by atoms with Gasteiger partial charge in [-0.2, -0.15) is 0 Å². The lowest BCUT2D eigenvalue weighted by Gasteiger charge is -2.09. The first-order chi connectivity index (χ1) is 11.0. The molecule has 0 atom stereocenters. The van der Waals surface area contributed by atoms with E-state index >= 15 is 0 Å². The summed E-state index contributed by atoms with van der Waals surface area (Å²) in [6.07, 6.45) is 1.44. The highest BCUT2D eigenvalue weighted by molar-refractivity contribution is 6.33. The molecule has 0 saturated heterocycles. The third-order valence-electron chi connectivity index (χ3n) is 3.05. The molecular weight excluding hydrogens is 314 g/mol. The van der Waals surface area contributed by atoms with E-state index in [-0.39, 0.29) is 11.6 Å². The number of hydrogen-bond donors (Lipinski definition) is 2. The van der Waals surface area contributed by atoms with Crippen molar-refractivity contribution in [1.82, 2.24) is 10.3 Å². The van der Waals surface area contributed by atoms with E-state index in [2.05, 4.69) is 15.6 Å². The maximum absolute atomic E-state index is 12.2. The van der Waals surface area contributed by atoms with Gasteiger partial charge in [0.05, 0.1) is 10.7 Å². The zero-order valence-electron chi connectivity index (χ0n) is 13.0. The molecule has 0 aliphatic rings. The molecular formula is C17H18ClN3O2. The first-order valence-corrected chi connectivity index (χ1v) is 7.65. The quantitative estimate of drug-likeness (QED) is 0.882. The Morgan fingerprint density at radius 1 is 1.17 bits per heavy atom. The minimum atomic E-state index is -0.420. The molecule has 0 spiro atoms. The molecule has 1 heterocycles. The van der Waals surface area contributed by atoms with Crippen LogP contribution in [0, 0.1) is 5.92 Å². The molecule has 2 aromatic rings. The van der Waals surface area contributed by atoms with Gasteiger partial charge in [0.1, 0.15) is 5.69 Å². The van der Waals surface area contributed by atoms with Gasteiger partial charge in [0.15, 0.2) is 0 Å². The largest absolute Gasteiger partial charge is 0.352 e. The van der Waals surface area contributed by atoms with Gasteiger partial charge in [-0.05, 0) is 30.2 Å². The highest BCUT2D eigenvalue weighted by Gasteiger charge is 2.13. The van der Waals surface area contributed by atoms with Gasteiger partial charge in [0.2, 0.25) is 0 Å². The van der Waals surface area contributed by atoms with Crippen molar-refractivity contribution in [3.05, 3.63) is 58.9 Å². The highest BCUT2D eigenvalue weighted by Crippen LogP contribution is 2.21. The van der Waals surface area contributed by atoms with Crippen LogP contribution in [0.5, 0.6) is 0 Å². The molecule has 1 aromatic carbocycles. The average Bonchev–Trinajstić information content (AvgIpc) is 2.54. The van der Waals surface area contributed by atoms with Gasteiger partial charge in [0.25, 0.3) is 11.8 Å². The molecule has 23 heavy (non-hydrogen) atoms. The molecule has 0 fully saturated rings. The van der Waals surface area contributed by atoms with Crippen LogP contribution in [0.1, 0.15) is 34.7 Å². The van der Waals surface area contributed by atoms with Crippen molar-refractivity contribution >= 4 is 29.1 Å². The van der Waals surface area contributed by atoms with Crippen molar-refractivity contribution in [3.63, 3.8) is 0 Å². The second kappa shape index (κ2) is 7.74. The molecule has 0 radical (unpaired) electrons. The van der Waals surface area contributed by atoms with E-state index in [0.29, 0.717) is 28.7 Å². The highest BCUT2D eigenvalue weighted by atomic mass is 35.5. The Morgan fingerprint density at radius 3 is 2.61 bits per heavy atom. The number of nitrogens with zero attached hydrogens (tertiary/aromatic N) is 1. The molecule has 2 rings (SSSR count). The normalized spacial score (nSPS) is 10.4. The van der Waals surface area contributed by atoms with E-state index in [1.807, 2.05) is 13.8 Å². The summed E-state index contributed by atoms with van der Waals surface area (Å²) in [4.78, 5) is 28.3. The predicted molar refractivity (Wildman–Crippen MR) is 90.8 cm³/mol. The van der Waals surface area contributed by atoms with Crippen LogP contribution < -0.4 is 10.6 Å². The van der Waals surface area contributed by atoms with Gasteiger partial charge in [-0.3, -0.25) is 14.6 Å². The van der Waals surface area contributed by atoms with E-state index in [4.69, 9.17) is 11.6 Å². The fourth-order valence-corrected chi connectivity index (χ4v) is 2.03. The number of carbonyl (C=O) groups is 2. The molecule has 0 bridgehead atoms. The van der Waals surface area contributed by atoms with E-state index < -0.39 is 5.91 Å². The van der Waals surface area contributed by atoms with E-state index in [1.165, 1.54) is 12.3 Å². The van der Waals surface area contributed by atoms with Crippen molar-refractivity contribution in [3.8, 4) is 0 Å². The molecule has 0 saturated carbocycles. The minimum Gasteiger partial charge on any atom is -0.352 e. The zero-order chi connectivity index (χ0) is 16.8. The third kappa shape index (κ3) is 4.79. The summed E-state index contributed by atoms with van der Waals surface area (Å²) < 4.78 is 0. The number of halogens is 1. The van der Waals surface area contributed by atoms with Crippen molar-refractivity contribution in [2.75, 3.05) is 11.9 Å². The van der Waals surface area contributed by atoms with E-state index in [9.17, 15) is 9.59 Å². The summed E-state index contributed by atoms with van der Waals surface area (Å²) in [6.45, 7) is 4.59. The van der Waals surface area contributed by atoms with Gasteiger partial charge >= 0.3 is 0 Å². The number of nitrogens with one attached hydrogen (secondary N) is 2. The topological polar surface area (TPSA) is 71.1 Å². The van der Waals surface area contributed by atoms with Crippen molar-refractivity contribution in [1.29, 1.82) is 0 Å². The number of pyridine rings is 1. The Bertz CT molecular complexity index is 716. The van der Waals surface area contributed by atoms with Crippen molar-refractivity contribution in [2.45, 2.75) is 13.8 Å². The SMILES string of the molecule is CC(C)CNC(=O)c1ccnc(C(=O)Nc2ccccc2Cl)c1. The van der Waals surface area contributed by atoms with E-state index in [0.717, 1.165) is 0 Å². The van der Waals surface area contributed by atoms with Gasteiger partial charge in [-0.15, -0.1) is 0 Å². The molecule has 5 nitrogen and oxygen atoms in total. The van der Waals surface area contributed by atoms with Crippen molar-refractivity contribution < 1.29 is 9.59 Å². The van der Waals surface area contributed by atoms with Gasteiger partial charge in [0, 0.05) is 18.3 Å². The lowest BCUT2D eigenvalue weighted by atomic mass is 10.2. The molecule has 120 valence electrons. The summed E-state index contributed by atoms with van der Waals surface area (Å²) in [7, 11) is 0. The van der Waals surface area contributed by atoms with Crippen LogP contribution in [0.2, 0.25) is 5.02 Å². The monoisotopic (exact) mass is 331 g/mol. The molecule has 1 aromatic heterocycles. The number of aromatic nitrogens is 1. The minimum absolute atomic E-state index is 0.155. The van der Waals surface area contributed by atoms with Crippen LogP contribution in [0.15, 0.2) is 42.6 Å². The smallest absolute Gasteiger partial charge is 0.274 e. The van der Waals surface area contributed by atoms with Crippen LogP contribution >= 0.6 is 11.6 Å². The maximum atomic E-state index is 12.2. The number of para-hydroxylation sites is 1. The lowest BCUT2D eigenvalue weighted by Crippen LogP contribution is -2.27. The van der Waals surface area contributed by atoms with Gasteiger partial charge < -0.3 is 10.6 Å². The molecule has 0 aliphatic heterocycles. The number of carbonyl (C=O) groups excluding carboxylic acids is 2. The van der Waals surface area contributed by atoms with Crippen LogP contribution in [-0.4, -0.2) is 23.3 Å². The van der Waals surface area contributed by atoms with Crippen molar-refractivity contribution in [2.24, 2.45) is 5.92 Å². The Balaban J connectivity index is 2.11. The Kier molecular flexibility index (Phi) is 5.71. The summed E-state index contributed by atoms with van der Waals surface area (Å²) in [6, 6.07) is 9.95. The number of hydrogen-bond acceptors (Lipinski definition) is 3. The van der Waals surface area contributed by atoms with Crippen LogP contribution in [-0.2, 0) is 0 Å². The predicted octanol–water partition coefficient (Wildman–Crippen LogP) is 3.37. The Labute approximate surface area is 140 Å². The number of anilines is 1. The van der Waals surface area contributed by atoms with E-state index in [1.54, 1.807) is 30.3 Å². The van der Waals surface area contributed by atoms with Crippen LogP contribution in [0.3, 0.4) is 0 Å². The second-order valence-electron chi connectivity index (χ2n) is 5.47. The number of amides is 2. The number of rotatable bonds is 5. The first-order valence-electron chi connectivity index (χ1n) is 7.27. The first kappa shape index (κ1) is 17.0. The summed E-state index contributed by atoms with van der Waals surface area (Å²) >= 11 is 6.01. The summed E-state index contributed by atoms with van der Waals surface area (Å²) in [5.41, 5.74) is 1.04. The molecule has 0 unspecified atom stereocenters. The fraction of sp³-hybridized carbons (Fsp3) is 0.235. The molecule has 2 amide bonds. The zero-order valence-corrected chi connectivity index (χ0v) is 13.7. The lowest BCUT2D eigenvalue weighted by molar-refractivity contribution is 0.0949. The van der Waals surface area contributed by atoms with Crippen LogP contribution in [0.25, 0.3) is 0 Å². The number of benzene rings is 1. The van der Waals surface area contributed by atoms with Crippen LogP contribution in [0.4, 0.5) is 5.69 Å². The van der Waals surface area contributed by atoms with Gasteiger partial charge in [-0.1, -0.05) is 37.6 Å². The molecule has 2 N–H and O–H groups in total.